The van der Waals surface area contributed by atoms with E-state index in [1.807, 2.05) is 107 Å². The van der Waals surface area contributed by atoms with Crippen LogP contribution in [0.25, 0.3) is 11.4 Å². The lowest BCUT2D eigenvalue weighted by Crippen LogP contribution is -2.27. The molecular formula is C27H28N2O3. The molecule has 0 aliphatic carbocycles. The van der Waals surface area contributed by atoms with Gasteiger partial charge in [-0.05, 0) is 59.7 Å². The molecule has 4 aromatic rings. The highest BCUT2D eigenvalue weighted by molar-refractivity contribution is 5.92. The fraction of sp³-hybridized carbons (Fsp3) is 0.222. The molecule has 0 aliphatic heterocycles. The average molecular weight is 429 g/mol. The Kier molecular flexibility index (Phi) is 7.00. The summed E-state index contributed by atoms with van der Waals surface area (Å²) in [5.74, 6) is -0.651. The standard InChI is InChI=1S/C27H28N2O3/c1-31-19-25(21-7-11-23(12-8-21)28-15-3-4-16-28)27(30)26(20-32-2)22-9-13-24(14-10-22)29-17-5-6-18-29/h3-18,25-26H,19-20H2,1-2H3. The highest BCUT2D eigenvalue weighted by Crippen LogP contribution is 2.29. The molecule has 0 fully saturated rings. The van der Waals surface area contributed by atoms with Gasteiger partial charge in [-0.2, -0.15) is 0 Å². The zero-order valence-electron chi connectivity index (χ0n) is 18.4. The molecule has 0 spiro atoms. The van der Waals surface area contributed by atoms with Crippen LogP contribution >= 0.6 is 0 Å². The van der Waals surface area contributed by atoms with Crippen molar-refractivity contribution in [1.82, 2.24) is 9.13 Å². The van der Waals surface area contributed by atoms with Gasteiger partial charge in [-0.15, -0.1) is 0 Å². The molecule has 4 rings (SSSR count). The van der Waals surface area contributed by atoms with E-state index in [1.54, 1.807) is 14.2 Å². The number of rotatable bonds is 10. The Morgan fingerprint density at radius 3 is 1.31 bits per heavy atom. The lowest BCUT2D eigenvalue weighted by molar-refractivity contribution is -0.124. The molecule has 32 heavy (non-hydrogen) atoms. The van der Waals surface area contributed by atoms with Crippen LogP contribution in [0.15, 0.2) is 97.6 Å². The van der Waals surface area contributed by atoms with Crippen molar-refractivity contribution in [2.24, 2.45) is 0 Å². The number of Topliss-reactive ketones (excluding diaryl/α,β-unsaturated/α-hetero) is 1. The summed E-state index contributed by atoms with van der Waals surface area (Å²) in [4.78, 5) is 13.7. The molecular weight excluding hydrogens is 400 g/mol. The zero-order valence-corrected chi connectivity index (χ0v) is 18.4. The van der Waals surface area contributed by atoms with E-state index in [4.69, 9.17) is 9.47 Å². The summed E-state index contributed by atoms with van der Waals surface area (Å²) in [7, 11) is 3.26. The molecule has 0 saturated heterocycles. The lowest BCUT2D eigenvalue weighted by Gasteiger charge is -2.23. The van der Waals surface area contributed by atoms with Crippen molar-refractivity contribution in [3.05, 3.63) is 109 Å². The van der Waals surface area contributed by atoms with Crippen molar-refractivity contribution < 1.29 is 14.3 Å². The summed E-state index contributed by atoms with van der Waals surface area (Å²) >= 11 is 0. The van der Waals surface area contributed by atoms with Crippen molar-refractivity contribution in [3.63, 3.8) is 0 Å². The van der Waals surface area contributed by atoms with E-state index in [9.17, 15) is 4.79 Å². The Morgan fingerprint density at radius 1 is 0.656 bits per heavy atom. The van der Waals surface area contributed by atoms with Gasteiger partial charge in [0.05, 0.1) is 25.0 Å². The summed E-state index contributed by atoms with van der Waals surface area (Å²) in [5.41, 5.74) is 3.99. The molecule has 0 saturated carbocycles. The molecule has 0 radical (unpaired) electrons. The number of nitrogens with zero attached hydrogens (tertiary/aromatic N) is 2. The summed E-state index contributed by atoms with van der Waals surface area (Å²) < 4.78 is 15.0. The van der Waals surface area contributed by atoms with Gasteiger partial charge in [-0.1, -0.05) is 24.3 Å². The molecule has 2 aromatic carbocycles. The van der Waals surface area contributed by atoms with Gasteiger partial charge in [0.1, 0.15) is 0 Å². The monoisotopic (exact) mass is 428 g/mol. The minimum Gasteiger partial charge on any atom is -0.384 e. The Morgan fingerprint density at radius 2 is 1.00 bits per heavy atom. The summed E-state index contributed by atoms with van der Waals surface area (Å²) in [6.07, 6.45) is 8.00. The minimum absolute atomic E-state index is 0.0936. The second-order valence-electron chi connectivity index (χ2n) is 7.78. The maximum Gasteiger partial charge on any atom is 0.152 e. The van der Waals surface area contributed by atoms with Crippen molar-refractivity contribution in [3.8, 4) is 11.4 Å². The maximum atomic E-state index is 13.7. The minimum atomic E-state index is -0.372. The van der Waals surface area contributed by atoms with Gasteiger partial charge in [0.2, 0.25) is 0 Å². The van der Waals surface area contributed by atoms with Gasteiger partial charge >= 0.3 is 0 Å². The Balaban J connectivity index is 1.59. The van der Waals surface area contributed by atoms with Gasteiger partial charge in [0, 0.05) is 50.4 Å². The predicted molar refractivity (Wildman–Crippen MR) is 126 cm³/mol. The van der Waals surface area contributed by atoms with Crippen LogP contribution in [-0.4, -0.2) is 42.4 Å². The van der Waals surface area contributed by atoms with E-state index in [0.717, 1.165) is 22.5 Å². The van der Waals surface area contributed by atoms with Crippen LogP contribution in [0.5, 0.6) is 0 Å². The maximum absolute atomic E-state index is 13.7. The number of carbonyl (C=O) groups excluding carboxylic acids is 1. The predicted octanol–water partition coefficient (Wildman–Crippen LogP) is 5.00. The first-order valence-corrected chi connectivity index (χ1v) is 10.7. The molecule has 2 unspecified atom stereocenters. The Bertz CT molecular complexity index is 1010. The largest absolute Gasteiger partial charge is 0.384 e. The van der Waals surface area contributed by atoms with Crippen molar-refractivity contribution in [2.45, 2.75) is 11.8 Å². The quantitative estimate of drug-likeness (QED) is 0.357. The molecule has 5 heteroatoms. The number of hydrogen-bond donors (Lipinski definition) is 0. The summed E-state index contributed by atoms with van der Waals surface area (Å²) in [5, 5.41) is 0. The molecule has 164 valence electrons. The molecule has 2 heterocycles. The Labute approximate surface area is 188 Å². The fourth-order valence-corrected chi connectivity index (χ4v) is 4.03. The van der Waals surface area contributed by atoms with E-state index in [1.165, 1.54) is 0 Å². The summed E-state index contributed by atoms with van der Waals surface area (Å²) in [6, 6.07) is 24.1. The van der Waals surface area contributed by atoms with Gasteiger partial charge in [0.15, 0.2) is 5.78 Å². The average Bonchev–Trinajstić information content (AvgIpc) is 3.56. The third-order valence-corrected chi connectivity index (χ3v) is 5.75. The van der Waals surface area contributed by atoms with Crippen molar-refractivity contribution in [2.75, 3.05) is 27.4 Å². The molecule has 0 aliphatic rings. The third kappa shape index (κ3) is 4.74. The van der Waals surface area contributed by atoms with Crippen molar-refractivity contribution in [1.29, 1.82) is 0 Å². The number of carbonyl (C=O) groups is 1. The van der Waals surface area contributed by atoms with Crippen molar-refractivity contribution >= 4 is 5.78 Å². The van der Waals surface area contributed by atoms with E-state index in [0.29, 0.717) is 13.2 Å². The zero-order chi connectivity index (χ0) is 22.3. The van der Waals surface area contributed by atoms with Crippen LogP contribution in [0.1, 0.15) is 23.0 Å². The van der Waals surface area contributed by atoms with Crippen LogP contribution in [-0.2, 0) is 14.3 Å². The summed E-state index contributed by atoms with van der Waals surface area (Å²) in [6.45, 7) is 0.646. The SMILES string of the molecule is COCC(C(=O)C(COC)c1ccc(-n2cccc2)cc1)c1ccc(-n2cccc2)cc1. The van der Waals surface area contributed by atoms with Crippen LogP contribution in [0.3, 0.4) is 0 Å². The van der Waals surface area contributed by atoms with E-state index in [-0.39, 0.29) is 17.6 Å². The third-order valence-electron chi connectivity index (χ3n) is 5.75. The highest BCUT2D eigenvalue weighted by atomic mass is 16.5. The van der Waals surface area contributed by atoms with E-state index < -0.39 is 0 Å². The van der Waals surface area contributed by atoms with Gasteiger partial charge in [-0.3, -0.25) is 4.79 Å². The number of ketones is 1. The fourth-order valence-electron chi connectivity index (χ4n) is 4.03. The second-order valence-corrected chi connectivity index (χ2v) is 7.78. The molecule has 0 bridgehead atoms. The molecule has 2 atom stereocenters. The van der Waals surface area contributed by atoms with Crippen LogP contribution < -0.4 is 0 Å². The highest BCUT2D eigenvalue weighted by Gasteiger charge is 2.29. The number of methoxy groups -OCH3 is 2. The molecule has 0 amide bonds. The first-order chi connectivity index (χ1) is 15.7. The van der Waals surface area contributed by atoms with E-state index >= 15 is 0 Å². The second kappa shape index (κ2) is 10.3. The van der Waals surface area contributed by atoms with Crippen LogP contribution in [0.4, 0.5) is 0 Å². The first kappa shape index (κ1) is 21.8. The lowest BCUT2D eigenvalue weighted by atomic mass is 9.84. The normalized spacial score (nSPS) is 13.1. The van der Waals surface area contributed by atoms with Gasteiger partial charge in [-0.25, -0.2) is 0 Å². The molecule has 2 aromatic heterocycles. The van der Waals surface area contributed by atoms with Crippen LogP contribution in [0.2, 0.25) is 0 Å². The number of aromatic nitrogens is 2. The number of benzene rings is 2. The number of ether oxygens (including phenoxy) is 2. The number of hydrogen-bond acceptors (Lipinski definition) is 3. The van der Waals surface area contributed by atoms with Gasteiger partial charge < -0.3 is 18.6 Å². The molecule has 5 nitrogen and oxygen atoms in total. The first-order valence-electron chi connectivity index (χ1n) is 10.7. The Hall–Kier alpha value is -3.41. The topological polar surface area (TPSA) is 45.4 Å². The molecule has 0 N–H and O–H groups in total. The smallest absolute Gasteiger partial charge is 0.152 e. The van der Waals surface area contributed by atoms with Gasteiger partial charge in [0.25, 0.3) is 0 Å². The van der Waals surface area contributed by atoms with Crippen LogP contribution in [0, 0.1) is 0 Å². The van der Waals surface area contributed by atoms with E-state index in [2.05, 4.69) is 0 Å².